The van der Waals surface area contributed by atoms with Gasteiger partial charge in [0.05, 0.1) is 10.4 Å². The van der Waals surface area contributed by atoms with Gasteiger partial charge in [-0.15, -0.1) is 11.3 Å². The second kappa shape index (κ2) is 9.16. The molecule has 0 aliphatic heterocycles. The molecule has 1 heterocycles. The van der Waals surface area contributed by atoms with Crippen LogP contribution in [0.1, 0.15) is 20.0 Å². The van der Waals surface area contributed by atoms with E-state index < -0.39 is 18.5 Å². The zero-order chi connectivity index (χ0) is 19.9. The zero-order valence-corrected chi connectivity index (χ0v) is 16.0. The van der Waals surface area contributed by atoms with Gasteiger partial charge in [0, 0.05) is 16.4 Å². The van der Waals surface area contributed by atoms with Crippen LogP contribution in [0.25, 0.3) is 0 Å². The van der Waals surface area contributed by atoms with Gasteiger partial charge in [-0.2, -0.15) is 0 Å². The minimum absolute atomic E-state index is 0.219. The molecule has 1 aromatic heterocycles. The topological polar surface area (TPSA) is 84.5 Å². The molecule has 8 heteroatoms. The Labute approximate surface area is 170 Å². The highest BCUT2D eigenvalue weighted by atomic mass is 35.5. The molecule has 0 aliphatic rings. The summed E-state index contributed by atoms with van der Waals surface area (Å²) in [5.41, 5.74) is 1.33. The Kier molecular flexibility index (Phi) is 6.41. The first-order valence-corrected chi connectivity index (χ1v) is 9.44. The minimum atomic E-state index is -0.641. The summed E-state index contributed by atoms with van der Waals surface area (Å²) >= 11 is 7.18. The smallest absolute Gasteiger partial charge is 0.338 e. The molecule has 0 spiro atoms. The predicted molar refractivity (Wildman–Crippen MR) is 109 cm³/mol. The molecular weight excluding hydrogens is 400 g/mol. The van der Waals surface area contributed by atoms with Gasteiger partial charge in [-0.1, -0.05) is 23.7 Å². The molecule has 0 bridgehead atoms. The number of nitrogens with one attached hydrogen (secondary N) is 2. The molecule has 2 N–H and O–H groups in total. The lowest BCUT2D eigenvalue weighted by atomic mass is 10.2. The van der Waals surface area contributed by atoms with E-state index >= 15 is 0 Å². The van der Waals surface area contributed by atoms with Crippen molar-refractivity contribution < 1.29 is 19.1 Å². The average Bonchev–Trinajstić information content (AvgIpc) is 3.22. The molecule has 28 heavy (non-hydrogen) atoms. The van der Waals surface area contributed by atoms with Gasteiger partial charge in [-0.3, -0.25) is 9.59 Å². The summed E-state index contributed by atoms with van der Waals surface area (Å²) in [6.45, 7) is -0.428. The number of rotatable bonds is 6. The molecule has 0 aliphatic carbocycles. The van der Waals surface area contributed by atoms with Crippen LogP contribution in [0.5, 0.6) is 0 Å². The highest BCUT2D eigenvalue weighted by Gasteiger charge is 2.12. The summed E-state index contributed by atoms with van der Waals surface area (Å²) in [6.07, 6.45) is 0. The molecule has 0 atom stereocenters. The van der Waals surface area contributed by atoms with Crippen molar-refractivity contribution >= 4 is 52.1 Å². The van der Waals surface area contributed by atoms with E-state index in [1.165, 1.54) is 23.5 Å². The Hall–Kier alpha value is -3.16. The molecule has 0 saturated heterocycles. The zero-order valence-electron chi connectivity index (χ0n) is 14.5. The SMILES string of the molecule is O=C(COC(=O)c1ccc(NC(=O)c2cccs2)cc1)Nc1cccc(Cl)c1. The molecule has 3 aromatic rings. The Morgan fingerprint density at radius 2 is 1.71 bits per heavy atom. The fraction of sp³-hybridized carbons (Fsp3) is 0.0500. The van der Waals surface area contributed by atoms with Crippen LogP contribution in [0, 0.1) is 0 Å². The number of esters is 1. The number of ether oxygens (including phenoxy) is 1. The Morgan fingerprint density at radius 3 is 2.39 bits per heavy atom. The number of hydrogen-bond donors (Lipinski definition) is 2. The quantitative estimate of drug-likeness (QED) is 0.583. The maximum Gasteiger partial charge on any atom is 0.338 e. The highest BCUT2D eigenvalue weighted by Crippen LogP contribution is 2.16. The molecule has 0 saturated carbocycles. The van der Waals surface area contributed by atoms with Crippen LogP contribution in [-0.2, 0) is 9.53 Å². The van der Waals surface area contributed by atoms with E-state index in [1.54, 1.807) is 48.5 Å². The molecule has 2 aromatic carbocycles. The highest BCUT2D eigenvalue weighted by molar-refractivity contribution is 7.12. The van der Waals surface area contributed by atoms with Gasteiger partial charge >= 0.3 is 5.97 Å². The number of thiophene rings is 1. The number of carbonyl (C=O) groups is 3. The largest absolute Gasteiger partial charge is 0.452 e. The van der Waals surface area contributed by atoms with Crippen molar-refractivity contribution in [2.45, 2.75) is 0 Å². The summed E-state index contributed by atoms with van der Waals surface area (Å²) in [6, 6.07) is 16.4. The van der Waals surface area contributed by atoms with E-state index in [0.717, 1.165) is 0 Å². The second-order valence-corrected chi connectivity index (χ2v) is 7.03. The number of hydrogen-bond acceptors (Lipinski definition) is 5. The number of benzene rings is 2. The lowest BCUT2D eigenvalue weighted by molar-refractivity contribution is -0.119. The fourth-order valence-corrected chi connectivity index (χ4v) is 3.08. The number of halogens is 1. The molecule has 3 rings (SSSR count). The maximum absolute atomic E-state index is 12.1. The van der Waals surface area contributed by atoms with Crippen LogP contribution in [0.15, 0.2) is 66.0 Å². The average molecular weight is 415 g/mol. The molecule has 142 valence electrons. The molecular formula is C20H15ClN2O4S. The monoisotopic (exact) mass is 414 g/mol. The third-order valence-corrected chi connectivity index (χ3v) is 4.67. The second-order valence-electron chi connectivity index (χ2n) is 5.64. The molecule has 0 radical (unpaired) electrons. The lowest BCUT2D eigenvalue weighted by Crippen LogP contribution is -2.20. The van der Waals surface area contributed by atoms with Gasteiger partial charge in [0.2, 0.25) is 0 Å². The van der Waals surface area contributed by atoms with Crippen LogP contribution in [-0.4, -0.2) is 24.4 Å². The third-order valence-electron chi connectivity index (χ3n) is 3.57. The van der Waals surface area contributed by atoms with Crippen molar-refractivity contribution in [3.05, 3.63) is 81.5 Å². The van der Waals surface area contributed by atoms with E-state index in [1.807, 2.05) is 5.38 Å². The standard InChI is InChI=1S/C20H15ClN2O4S/c21-14-3-1-4-16(11-14)22-18(24)12-27-20(26)13-6-8-15(9-7-13)23-19(25)17-5-2-10-28-17/h1-11H,12H2,(H,22,24)(H,23,25). The van der Waals surface area contributed by atoms with Crippen molar-refractivity contribution in [3.63, 3.8) is 0 Å². The van der Waals surface area contributed by atoms with Crippen molar-refractivity contribution in [3.8, 4) is 0 Å². The van der Waals surface area contributed by atoms with E-state index in [2.05, 4.69) is 10.6 Å². The van der Waals surface area contributed by atoms with Crippen molar-refractivity contribution in [1.82, 2.24) is 0 Å². The minimum Gasteiger partial charge on any atom is -0.452 e. The third kappa shape index (κ3) is 5.42. The van der Waals surface area contributed by atoms with Crippen LogP contribution in [0.3, 0.4) is 0 Å². The summed E-state index contributed by atoms with van der Waals surface area (Å²) in [7, 11) is 0. The van der Waals surface area contributed by atoms with Gasteiger partial charge in [0.25, 0.3) is 11.8 Å². The molecule has 2 amide bonds. The summed E-state index contributed by atoms with van der Waals surface area (Å²) in [5.74, 6) is -1.34. The number of anilines is 2. The Morgan fingerprint density at radius 1 is 0.929 bits per heavy atom. The van der Waals surface area contributed by atoms with E-state index in [9.17, 15) is 14.4 Å². The summed E-state index contributed by atoms with van der Waals surface area (Å²) in [5, 5.41) is 7.63. The Balaban J connectivity index is 1.50. The fourth-order valence-electron chi connectivity index (χ4n) is 2.27. The van der Waals surface area contributed by atoms with Crippen LogP contribution >= 0.6 is 22.9 Å². The van der Waals surface area contributed by atoms with Crippen LogP contribution in [0.2, 0.25) is 5.02 Å². The first-order valence-electron chi connectivity index (χ1n) is 8.19. The van der Waals surface area contributed by atoms with Crippen molar-refractivity contribution in [2.75, 3.05) is 17.2 Å². The van der Waals surface area contributed by atoms with E-state index in [4.69, 9.17) is 16.3 Å². The maximum atomic E-state index is 12.1. The normalized spacial score (nSPS) is 10.2. The van der Waals surface area contributed by atoms with Gasteiger partial charge in [0.15, 0.2) is 6.61 Å². The number of amides is 2. The molecule has 0 unspecified atom stereocenters. The van der Waals surface area contributed by atoms with E-state index in [0.29, 0.717) is 21.3 Å². The number of carbonyl (C=O) groups excluding carboxylic acids is 3. The van der Waals surface area contributed by atoms with Gasteiger partial charge in [-0.05, 0) is 53.9 Å². The van der Waals surface area contributed by atoms with Crippen LogP contribution < -0.4 is 10.6 Å². The van der Waals surface area contributed by atoms with Crippen molar-refractivity contribution in [2.24, 2.45) is 0 Å². The van der Waals surface area contributed by atoms with Gasteiger partial charge in [-0.25, -0.2) is 4.79 Å². The first-order chi connectivity index (χ1) is 13.5. The molecule has 0 fully saturated rings. The lowest BCUT2D eigenvalue weighted by Gasteiger charge is -2.08. The molecule has 6 nitrogen and oxygen atoms in total. The van der Waals surface area contributed by atoms with Crippen molar-refractivity contribution in [1.29, 1.82) is 0 Å². The van der Waals surface area contributed by atoms with Gasteiger partial charge in [0.1, 0.15) is 0 Å². The predicted octanol–water partition coefficient (Wildman–Crippen LogP) is 4.45. The van der Waals surface area contributed by atoms with Crippen LogP contribution in [0.4, 0.5) is 11.4 Å². The Bertz CT molecular complexity index is 988. The summed E-state index contributed by atoms with van der Waals surface area (Å²) < 4.78 is 5.00. The summed E-state index contributed by atoms with van der Waals surface area (Å²) in [4.78, 5) is 36.5. The van der Waals surface area contributed by atoms with E-state index in [-0.39, 0.29) is 11.5 Å². The van der Waals surface area contributed by atoms with Gasteiger partial charge < -0.3 is 15.4 Å². The first kappa shape index (κ1) is 19.6.